The second-order valence-corrected chi connectivity index (χ2v) is 8.44. The molecule has 0 spiro atoms. The van der Waals surface area contributed by atoms with E-state index in [-0.39, 0.29) is 45.7 Å². The van der Waals surface area contributed by atoms with Crippen molar-refractivity contribution in [1.29, 1.82) is 0 Å². The largest absolute Gasteiger partial charge is 0.462 e. The molecule has 3 aromatic heterocycles. The third-order valence-corrected chi connectivity index (χ3v) is 5.97. The zero-order valence-corrected chi connectivity index (χ0v) is 20.9. The Balaban J connectivity index is 2.13. The van der Waals surface area contributed by atoms with Gasteiger partial charge in [0.05, 0.1) is 22.6 Å². The maximum Gasteiger partial charge on any atom is 0.341 e. The first-order chi connectivity index (χ1) is 17.4. The fourth-order valence-electron chi connectivity index (χ4n) is 3.94. The maximum atomic E-state index is 13.5. The number of pyridine rings is 2. The van der Waals surface area contributed by atoms with E-state index in [0.29, 0.717) is 24.3 Å². The monoisotopic (exact) mass is 508 g/mol. The van der Waals surface area contributed by atoms with Crippen LogP contribution in [-0.2, 0) is 16.0 Å². The molecule has 0 atom stereocenters. The molecule has 0 bridgehead atoms. The number of amides is 1. The fourth-order valence-corrected chi connectivity index (χ4v) is 4.15. The van der Waals surface area contributed by atoms with Gasteiger partial charge >= 0.3 is 5.97 Å². The molecule has 186 valence electrons. The van der Waals surface area contributed by atoms with E-state index in [9.17, 15) is 14.4 Å². The van der Waals surface area contributed by atoms with Gasteiger partial charge in [-0.1, -0.05) is 29.8 Å². The van der Waals surface area contributed by atoms with Gasteiger partial charge in [-0.2, -0.15) is 4.99 Å². The molecule has 10 heteroatoms. The number of hydrogen-bond donors (Lipinski definition) is 0. The Kier molecular flexibility index (Phi) is 7.61. The van der Waals surface area contributed by atoms with E-state index >= 15 is 0 Å². The summed E-state index contributed by atoms with van der Waals surface area (Å²) in [5.41, 5.74) is 1.39. The topological polar surface area (TPSA) is 104 Å². The summed E-state index contributed by atoms with van der Waals surface area (Å²) in [6.07, 6.45) is 2.13. The van der Waals surface area contributed by atoms with Crippen LogP contribution in [-0.4, -0.2) is 46.2 Å². The molecule has 0 aliphatic carbocycles. The number of esters is 1. The number of halogens is 1. The zero-order valence-electron chi connectivity index (χ0n) is 20.2. The quantitative estimate of drug-likeness (QED) is 0.215. The van der Waals surface area contributed by atoms with Gasteiger partial charge in [-0.25, -0.2) is 9.78 Å². The van der Waals surface area contributed by atoms with Crippen LogP contribution < -0.4 is 11.0 Å². The summed E-state index contributed by atoms with van der Waals surface area (Å²) >= 11 is 6.23. The van der Waals surface area contributed by atoms with Crippen molar-refractivity contribution in [2.45, 2.75) is 26.8 Å². The summed E-state index contributed by atoms with van der Waals surface area (Å²) in [7, 11) is 1.57. The van der Waals surface area contributed by atoms with Crippen molar-refractivity contribution < 1.29 is 19.1 Å². The van der Waals surface area contributed by atoms with Crippen LogP contribution >= 0.6 is 11.6 Å². The Morgan fingerprint density at radius 2 is 1.89 bits per heavy atom. The second-order valence-electron chi connectivity index (χ2n) is 8.04. The van der Waals surface area contributed by atoms with Crippen molar-refractivity contribution in [2.24, 2.45) is 4.99 Å². The highest BCUT2D eigenvalue weighted by atomic mass is 35.5. The Morgan fingerprint density at radius 3 is 2.61 bits per heavy atom. The van der Waals surface area contributed by atoms with E-state index in [4.69, 9.17) is 26.1 Å². The van der Waals surface area contributed by atoms with Crippen molar-refractivity contribution in [3.05, 3.63) is 86.2 Å². The lowest BCUT2D eigenvalue weighted by molar-refractivity contribution is 0.0523. The van der Waals surface area contributed by atoms with E-state index in [1.807, 2.05) is 13.0 Å². The van der Waals surface area contributed by atoms with Crippen LogP contribution in [0, 0.1) is 6.92 Å². The van der Waals surface area contributed by atoms with Crippen LogP contribution in [0.3, 0.4) is 0 Å². The molecular formula is C26H25ClN4O5. The number of fused-ring (bicyclic) bond motifs is 2. The average Bonchev–Trinajstić information content (AvgIpc) is 2.86. The van der Waals surface area contributed by atoms with Crippen LogP contribution in [0.4, 0.5) is 0 Å². The Morgan fingerprint density at radius 1 is 1.11 bits per heavy atom. The third-order valence-electron chi connectivity index (χ3n) is 5.64. The van der Waals surface area contributed by atoms with Crippen molar-refractivity contribution in [1.82, 2.24) is 14.0 Å². The number of nitrogens with zero attached hydrogens (tertiary/aromatic N) is 4. The molecule has 0 N–H and O–H groups in total. The number of methoxy groups -OCH3 is 1. The van der Waals surface area contributed by atoms with Crippen molar-refractivity contribution >= 4 is 40.2 Å². The van der Waals surface area contributed by atoms with E-state index < -0.39 is 11.9 Å². The molecular weight excluding hydrogens is 484 g/mol. The minimum absolute atomic E-state index is 0.0197. The number of hydrogen-bond acceptors (Lipinski definition) is 6. The average molecular weight is 509 g/mol. The minimum Gasteiger partial charge on any atom is -0.462 e. The molecule has 4 aromatic rings. The van der Waals surface area contributed by atoms with E-state index in [1.165, 1.54) is 10.5 Å². The predicted molar refractivity (Wildman–Crippen MR) is 135 cm³/mol. The molecule has 0 radical (unpaired) electrons. The van der Waals surface area contributed by atoms with Gasteiger partial charge in [0.2, 0.25) is 0 Å². The molecule has 4 rings (SSSR count). The van der Waals surface area contributed by atoms with Crippen LogP contribution in [0.25, 0.3) is 16.7 Å². The summed E-state index contributed by atoms with van der Waals surface area (Å²) in [4.78, 5) is 48.7. The first-order valence-electron chi connectivity index (χ1n) is 11.4. The smallest absolute Gasteiger partial charge is 0.341 e. The Labute approximate surface area is 211 Å². The first-order valence-corrected chi connectivity index (χ1v) is 11.8. The molecule has 0 saturated carbocycles. The van der Waals surface area contributed by atoms with Crippen LogP contribution in [0.15, 0.2) is 58.4 Å². The highest BCUT2D eigenvalue weighted by Crippen LogP contribution is 2.17. The molecule has 3 heterocycles. The lowest BCUT2D eigenvalue weighted by Gasteiger charge is -2.15. The lowest BCUT2D eigenvalue weighted by Crippen LogP contribution is -2.33. The molecule has 1 amide bonds. The number of ether oxygens (including phenoxy) is 2. The van der Waals surface area contributed by atoms with Gasteiger partial charge in [0.25, 0.3) is 11.5 Å². The molecule has 0 fully saturated rings. The van der Waals surface area contributed by atoms with Crippen LogP contribution in [0.2, 0.25) is 5.02 Å². The van der Waals surface area contributed by atoms with Crippen LogP contribution in [0.5, 0.6) is 0 Å². The zero-order chi connectivity index (χ0) is 25.8. The van der Waals surface area contributed by atoms with E-state index in [1.54, 1.807) is 55.1 Å². The molecule has 0 aliphatic heterocycles. The molecule has 36 heavy (non-hydrogen) atoms. The minimum atomic E-state index is -0.709. The number of carbonyl (C=O) groups excluding carboxylic acids is 2. The summed E-state index contributed by atoms with van der Waals surface area (Å²) in [6.45, 7) is 4.31. The number of carbonyl (C=O) groups is 2. The second kappa shape index (κ2) is 10.8. The highest BCUT2D eigenvalue weighted by Gasteiger charge is 2.21. The van der Waals surface area contributed by atoms with Gasteiger partial charge in [-0.05, 0) is 50.1 Å². The third kappa shape index (κ3) is 4.80. The summed E-state index contributed by atoms with van der Waals surface area (Å²) in [6, 6.07) is 11.5. The number of rotatable bonds is 7. The van der Waals surface area contributed by atoms with Crippen molar-refractivity contribution in [2.75, 3.05) is 20.3 Å². The van der Waals surface area contributed by atoms with Gasteiger partial charge in [-0.3, -0.25) is 14.0 Å². The van der Waals surface area contributed by atoms with Gasteiger partial charge in [-0.15, -0.1) is 0 Å². The number of aromatic nitrogens is 3. The molecule has 0 saturated heterocycles. The molecule has 9 nitrogen and oxygen atoms in total. The van der Waals surface area contributed by atoms with Crippen molar-refractivity contribution in [3.63, 3.8) is 0 Å². The summed E-state index contributed by atoms with van der Waals surface area (Å²) in [5, 5.41) is 0.427. The van der Waals surface area contributed by atoms with Crippen molar-refractivity contribution in [3.8, 4) is 0 Å². The van der Waals surface area contributed by atoms with Gasteiger partial charge in [0.15, 0.2) is 5.49 Å². The van der Waals surface area contributed by atoms with Gasteiger partial charge in [0, 0.05) is 26.5 Å². The molecule has 0 aliphatic rings. The Bertz CT molecular complexity index is 1610. The molecule has 1 aromatic carbocycles. The SMILES string of the molecule is CCOC(=O)c1cc2c(=O)n3cccc(C)c3nc2n(CCCOC)c1=NC(=O)c1ccccc1Cl. The summed E-state index contributed by atoms with van der Waals surface area (Å²) < 4.78 is 13.5. The molecule has 0 unspecified atom stereocenters. The standard InChI is InChI=1S/C26H25ClN4O5/c1-4-36-26(34)19-15-18-22(28-21-16(2)9-7-12-31(21)25(18)33)30(13-8-14-35-3)23(19)29-24(32)17-10-5-6-11-20(17)27/h5-7,9-12,15H,4,8,13-14H2,1-3H3. The summed E-state index contributed by atoms with van der Waals surface area (Å²) in [5.74, 6) is -1.35. The fraction of sp³-hybridized carbons (Fsp3) is 0.269. The normalized spacial score (nSPS) is 11.8. The lowest BCUT2D eigenvalue weighted by atomic mass is 10.2. The Hall–Kier alpha value is -3.82. The van der Waals surface area contributed by atoms with E-state index in [0.717, 1.165) is 5.56 Å². The highest BCUT2D eigenvalue weighted by molar-refractivity contribution is 6.33. The van der Waals surface area contributed by atoms with Gasteiger partial charge < -0.3 is 14.0 Å². The number of aryl methyl sites for hydroxylation is 2. The number of benzene rings is 1. The van der Waals surface area contributed by atoms with E-state index in [2.05, 4.69) is 4.99 Å². The maximum absolute atomic E-state index is 13.5. The predicted octanol–water partition coefficient (Wildman–Crippen LogP) is 3.57. The first kappa shape index (κ1) is 25.3. The van der Waals surface area contributed by atoms with Gasteiger partial charge in [0.1, 0.15) is 16.9 Å². The van der Waals surface area contributed by atoms with Crippen LogP contribution in [0.1, 0.15) is 39.6 Å².